The third kappa shape index (κ3) is 5.22. The van der Waals surface area contributed by atoms with Crippen LogP contribution in [0.3, 0.4) is 0 Å². The Labute approximate surface area is 227 Å². The van der Waals surface area contributed by atoms with E-state index in [1.54, 1.807) is 12.1 Å². The molecule has 1 atom stereocenters. The Bertz CT molecular complexity index is 1660. The predicted molar refractivity (Wildman–Crippen MR) is 148 cm³/mol. The summed E-state index contributed by atoms with van der Waals surface area (Å²) in [4.78, 5) is 21.9. The maximum Gasteiger partial charge on any atom is 0.264 e. The van der Waals surface area contributed by atoms with Crippen LogP contribution in [0.2, 0.25) is 0 Å². The van der Waals surface area contributed by atoms with Crippen LogP contribution in [0.1, 0.15) is 57.5 Å². The molecule has 8 nitrogen and oxygen atoms in total. The van der Waals surface area contributed by atoms with Crippen LogP contribution in [0, 0.1) is 13.8 Å². The van der Waals surface area contributed by atoms with E-state index in [0.717, 1.165) is 22.3 Å². The van der Waals surface area contributed by atoms with Gasteiger partial charge in [0.2, 0.25) is 11.8 Å². The van der Waals surface area contributed by atoms with E-state index in [4.69, 9.17) is 4.74 Å². The zero-order chi connectivity index (χ0) is 27.1. The van der Waals surface area contributed by atoms with Crippen LogP contribution in [0.25, 0.3) is 11.3 Å². The van der Waals surface area contributed by atoms with Crippen molar-refractivity contribution in [3.63, 3.8) is 0 Å². The van der Waals surface area contributed by atoms with E-state index < -0.39 is 22.0 Å². The first-order chi connectivity index (χ1) is 18.8. The van der Waals surface area contributed by atoms with Gasteiger partial charge in [-0.3, -0.25) is 4.79 Å². The van der Waals surface area contributed by atoms with Gasteiger partial charge in [0.05, 0.1) is 17.1 Å². The Hall–Kier alpha value is -4.24. The number of benzene rings is 3. The molecule has 0 radical (unpaired) electrons. The second kappa shape index (κ2) is 9.81. The van der Waals surface area contributed by atoms with Gasteiger partial charge in [-0.15, -0.1) is 0 Å². The zero-order valence-electron chi connectivity index (χ0n) is 21.6. The SMILES string of the molecule is Cc1cccc(C)c1-c1cc2nc(n1)NS(=O)(=O)c1cccc(c1)C(=O)NC[C@@H](c1ccc(C3CC3)cc1)O2. The van der Waals surface area contributed by atoms with E-state index in [1.807, 2.05) is 44.2 Å². The van der Waals surface area contributed by atoms with E-state index in [9.17, 15) is 13.2 Å². The van der Waals surface area contributed by atoms with Gasteiger partial charge in [-0.25, -0.2) is 18.1 Å². The molecule has 3 aromatic carbocycles. The number of ether oxygens (including phenoxy) is 1. The monoisotopic (exact) mass is 540 g/mol. The zero-order valence-corrected chi connectivity index (χ0v) is 22.5. The van der Waals surface area contributed by atoms with Gasteiger partial charge in [0.1, 0.15) is 6.10 Å². The summed E-state index contributed by atoms with van der Waals surface area (Å²) in [6.45, 7) is 4.11. The van der Waals surface area contributed by atoms with Crippen molar-refractivity contribution < 1.29 is 17.9 Å². The standard InChI is InChI=1S/C30H28N4O4S/c1-18-5-3-6-19(2)28(18)25-16-27-33-30(32-25)34-39(36,37)24-8-4-7-23(15-24)29(35)31-17-26(38-27)22-13-11-21(12-14-22)20-9-10-20/h3-8,11-16,20,26H,9-10,17H2,1-2H3,(H,31,35)(H,32,33,34)/t26-/m0/s1. The molecule has 1 fully saturated rings. The third-order valence-corrected chi connectivity index (χ3v) is 8.47. The van der Waals surface area contributed by atoms with Crippen molar-refractivity contribution in [3.05, 3.63) is 101 Å². The van der Waals surface area contributed by atoms with Gasteiger partial charge in [0, 0.05) is 17.2 Å². The summed E-state index contributed by atoms with van der Waals surface area (Å²) >= 11 is 0. The summed E-state index contributed by atoms with van der Waals surface area (Å²) in [5, 5.41) is 2.91. The smallest absolute Gasteiger partial charge is 0.264 e. The fraction of sp³-hybridized carbons (Fsp3) is 0.233. The van der Waals surface area contributed by atoms with Gasteiger partial charge < -0.3 is 10.1 Å². The summed E-state index contributed by atoms with van der Waals surface area (Å²) in [5.41, 5.74) is 5.76. The fourth-order valence-corrected chi connectivity index (χ4v) is 5.91. The molecule has 2 N–H and O–H groups in total. The minimum absolute atomic E-state index is 0.0647. The lowest BCUT2D eigenvalue weighted by molar-refractivity contribution is 0.0925. The first kappa shape index (κ1) is 25.1. The molecule has 2 heterocycles. The molecule has 1 aromatic heterocycles. The summed E-state index contributed by atoms with van der Waals surface area (Å²) in [6, 6.07) is 21.7. The van der Waals surface area contributed by atoms with Crippen LogP contribution < -0.4 is 14.8 Å². The molecule has 1 saturated carbocycles. The minimum atomic E-state index is -4.08. The number of aromatic nitrogens is 2. The molecular formula is C30H28N4O4S. The Morgan fingerprint density at radius 1 is 0.872 bits per heavy atom. The topological polar surface area (TPSA) is 110 Å². The summed E-state index contributed by atoms with van der Waals surface area (Å²) < 4.78 is 35.4. The van der Waals surface area contributed by atoms with Crippen LogP contribution in [-0.4, -0.2) is 30.8 Å². The molecule has 0 saturated heterocycles. The van der Waals surface area contributed by atoms with E-state index in [-0.39, 0.29) is 28.8 Å². The van der Waals surface area contributed by atoms with E-state index in [2.05, 4.69) is 32.1 Å². The van der Waals surface area contributed by atoms with E-state index >= 15 is 0 Å². The predicted octanol–water partition coefficient (Wildman–Crippen LogP) is 5.30. The molecule has 1 amide bonds. The summed E-state index contributed by atoms with van der Waals surface area (Å²) in [6.07, 6.45) is 1.83. The Morgan fingerprint density at radius 3 is 2.28 bits per heavy atom. The average molecular weight is 541 g/mol. The molecular weight excluding hydrogens is 512 g/mol. The molecule has 4 bridgehead atoms. The van der Waals surface area contributed by atoms with Gasteiger partial charge in [-0.05, 0) is 73.1 Å². The number of hydrogen-bond donors (Lipinski definition) is 2. The average Bonchev–Trinajstić information content (AvgIpc) is 3.76. The van der Waals surface area contributed by atoms with Gasteiger partial charge in [-0.1, -0.05) is 48.5 Å². The van der Waals surface area contributed by atoms with Crippen molar-refractivity contribution in [2.75, 3.05) is 11.3 Å². The summed E-state index contributed by atoms with van der Waals surface area (Å²) in [5.74, 6) is 0.293. The van der Waals surface area contributed by atoms with E-state index in [0.29, 0.717) is 11.6 Å². The number of carbonyl (C=O) groups excluding carboxylic acids is 1. The molecule has 9 heteroatoms. The quantitative estimate of drug-likeness (QED) is 0.365. The number of nitrogens with zero attached hydrogens (tertiary/aromatic N) is 2. The Balaban J connectivity index is 1.48. The van der Waals surface area contributed by atoms with Crippen molar-refractivity contribution in [2.24, 2.45) is 0 Å². The third-order valence-electron chi connectivity index (χ3n) is 7.14. The van der Waals surface area contributed by atoms with Gasteiger partial charge in [0.15, 0.2) is 0 Å². The molecule has 39 heavy (non-hydrogen) atoms. The van der Waals surface area contributed by atoms with Crippen LogP contribution >= 0.6 is 0 Å². The van der Waals surface area contributed by atoms with Crippen LogP contribution in [-0.2, 0) is 10.0 Å². The highest BCUT2D eigenvalue weighted by atomic mass is 32.2. The molecule has 6 rings (SSSR count). The molecule has 1 aliphatic carbocycles. The molecule has 198 valence electrons. The highest BCUT2D eigenvalue weighted by Gasteiger charge is 2.26. The second-order valence-electron chi connectivity index (χ2n) is 10.1. The lowest BCUT2D eigenvalue weighted by Gasteiger charge is -2.21. The number of hydrogen-bond acceptors (Lipinski definition) is 6. The molecule has 4 aromatic rings. The number of fused-ring (bicyclic) bond motifs is 4. The maximum absolute atomic E-state index is 13.3. The molecule has 0 unspecified atom stereocenters. The fourth-order valence-electron chi connectivity index (χ4n) is 4.92. The van der Waals surface area contributed by atoms with Gasteiger partial charge in [0.25, 0.3) is 15.9 Å². The van der Waals surface area contributed by atoms with Crippen molar-refractivity contribution in [2.45, 2.75) is 43.6 Å². The highest BCUT2D eigenvalue weighted by Crippen LogP contribution is 2.40. The maximum atomic E-state index is 13.3. The summed E-state index contributed by atoms with van der Waals surface area (Å²) in [7, 11) is -4.08. The normalized spacial score (nSPS) is 18.4. The lowest BCUT2D eigenvalue weighted by atomic mass is 10.00. The number of carbonyl (C=O) groups is 1. The number of rotatable bonds is 3. The number of amides is 1. The van der Waals surface area contributed by atoms with Crippen LogP contribution in [0.15, 0.2) is 77.7 Å². The Morgan fingerprint density at radius 2 is 1.56 bits per heavy atom. The van der Waals surface area contributed by atoms with Gasteiger partial charge in [-0.2, -0.15) is 4.98 Å². The number of aryl methyl sites for hydroxylation is 2. The molecule has 2 aliphatic rings. The first-order valence-corrected chi connectivity index (χ1v) is 14.4. The number of nitrogens with one attached hydrogen (secondary N) is 2. The van der Waals surface area contributed by atoms with Crippen LogP contribution in [0.4, 0.5) is 5.95 Å². The highest BCUT2D eigenvalue weighted by molar-refractivity contribution is 7.92. The van der Waals surface area contributed by atoms with Crippen molar-refractivity contribution in [3.8, 4) is 17.1 Å². The minimum Gasteiger partial charge on any atom is -0.467 e. The first-order valence-electron chi connectivity index (χ1n) is 12.9. The second-order valence-corrected chi connectivity index (χ2v) is 11.8. The van der Waals surface area contributed by atoms with Crippen LogP contribution in [0.5, 0.6) is 5.88 Å². The van der Waals surface area contributed by atoms with Crippen molar-refractivity contribution in [1.82, 2.24) is 15.3 Å². The molecule has 0 spiro atoms. The molecule has 1 aliphatic heterocycles. The largest absolute Gasteiger partial charge is 0.467 e. The Kier molecular flexibility index (Phi) is 6.31. The van der Waals surface area contributed by atoms with Gasteiger partial charge >= 0.3 is 0 Å². The lowest BCUT2D eigenvalue weighted by Crippen LogP contribution is -2.30. The van der Waals surface area contributed by atoms with Crippen molar-refractivity contribution >= 4 is 21.9 Å². The number of anilines is 1. The number of sulfonamides is 1. The van der Waals surface area contributed by atoms with Crippen molar-refractivity contribution in [1.29, 1.82) is 0 Å². The van der Waals surface area contributed by atoms with E-state index in [1.165, 1.54) is 36.6 Å².